The average Bonchev–Trinajstić information content (AvgIpc) is 2.18. The molecule has 1 rings (SSSR count). The van der Waals surface area contributed by atoms with Crippen molar-refractivity contribution in [2.24, 2.45) is 11.8 Å². The fraction of sp³-hybridized carbons (Fsp3) is 0.667. The number of rotatable bonds is 4. The van der Waals surface area contributed by atoms with Crippen LogP contribution in [0.25, 0.3) is 0 Å². The molecule has 0 aromatic rings. The van der Waals surface area contributed by atoms with Crippen LogP contribution in [0, 0.1) is 11.8 Å². The Kier molecular flexibility index (Phi) is 4.33. The molecule has 0 saturated carbocycles. The molecule has 0 spiro atoms. The summed E-state index contributed by atoms with van der Waals surface area (Å²) in [6.45, 7) is 5.23. The lowest BCUT2D eigenvalue weighted by Gasteiger charge is -2.22. The van der Waals surface area contributed by atoms with Crippen LogP contribution >= 0.6 is 0 Å². The summed E-state index contributed by atoms with van der Waals surface area (Å²) in [6.07, 6.45) is 3.74. The molecule has 15 heavy (non-hydrogen) atoms. The molecule has 2 nitrogen and oxygen atoms in total. The third-order valence-electron chi connectivity index (χ3n) is 2.77. The highest BCUT2D eigenvalue weighted by molar-refractivity contribution is 5.24. The van der Waals surface area contributed by atoms with Crippen molar-refractivity contribution in [3.8, 4) is 0 Å². The Morgan fingerprint density at radius 3 is 2.67 bits per heavy atom. The zero-order chi connectivity index (χ0) is 11.4. The van der Waals surface area contributed by atoms with Gasteiger partial charge in [-0.2, -0.15) is 0 Å². The van der Waals surface area contributed by atoms with Crippen molar-refractivity contribution in [2.45, 2.75) is 13.8 Å². The minimum absolute atomic E-state index is 0.0654. The van der Waals surface area contributed by atoms with E-state index in [4.69, 9.17) is 4.74 Å². The first kappa shape index (κ1) is 12.2. The summed E-state index contributed by atoms with van der Waals surface area (Å²) in [6, 6.07) is 0. The number of hydrogen-bond acceptors (Lipinski definition) is 2. The summed E-state index contributed by atoms with van der Waals surface area (Å²) in [4.78, 5) is 2.01. The van der Waals surface area contributed by atoms with Crippen molar-refractivity contribution in [1.82, 2.24) is 4.90 Å². The van der Waals surface area contributed by atoms with Crippen LogP contribution < -0.4 is 0 Å². The van der Waals surface area contributed by atoms with Crippen molar-refractivity contribution in [1.29, 1.82) is 0 Å². The molecule has 0 bridgehead atoms. The number of nitrogens with zero attached hydrogens (tertiary/aromatic N) is 1. The lowest BCUT2D eigenvalue weighted by molar-refractivity contribution is 0.176. The molecule has 0 N–H and O–H groups in total. The topological polar surface area (TPSA) is 12.5 Å². The van der Waals surface area contributed by atoms with E-state index in [1.54, 1.807) is 6.08 Å². The largest absolute Gasteiger partial charge is 0.490 e. The molecule has 0 aromatic carbocycles. The molecular weight excluding hydrogens is 193 g/mol. The van der Waals surface area contributed by atoms with Crippen molar-refractivity contribution in [3.05, 3.63) is 23.7 Å². The van der Waals surface area contributed by atoms with E-state index in [1.807, 2.05) is 38.9 Å². The fourth-order valence-corrected chi connectivity index (χ4v) is 1.40. The van der Waals surface area contributed by atoms with E-state index < -0.39 is 0 Å². The molecular formula is C12H20FNO. The summed E-state index contributed by atoms with van der Waals surface area (Å²) in [5.41, 5.74) is 0. The summed E-state index contributed by atoms with van der Waals surface area (Å²) in [7, 11) is 3.94. The SMILES string of the molecule is CC1C=CC(OCCN(C)C)=C(F)C1C. The lowest BCUT2D eigenvalue weighted by atomic mass is 9.90. The van der Waals surface area contributed by atoms with E-state index in [-0.39, 0.29) is 17.7 Å². The van der Waals surface area contributed by atoms with Gasteiger partial charge in [0.25, 0.3) is 0 Å². The maximum atomic E-state index is 13.7. The minimum Gasteiger partial charge on any atom is -0.490 e. The molecule has 0 radical (unpaired) electrons. The van der Waals surface area contributed by atoms with Crippen LogP contribution in [0.5, 0.6) is 0 Å². The predicted molar refractivity (Wildman–Crippen MR) is 60.1 cm³/mol. The van der Waals surface area contributed by atoms with Crippen molar-refractivity contribution < 1.29 is 9.13 Å². The lowest BCUT2D eigenvalue weighted by Crippen LogP contribution is -2.19. The maximum Gasteiger partial charge on any atom is 0.150 e. The summed E-state index contributed by atoms with van der Waals surface area (Å²) in [5, 5.41) is 0. The van der Waals surface area contributed by atoms with Crippen LogP contribution in [0.4, 0.5) is 4.39 Å². The molecule has 0 heterocycles. The highest BCUT2D eigenvalue weighted by atomic mass is 19.1. The van der Waals surface area contributed by atoms with Crippen molar-refractivity contribution in [3.63, 3.8) is 0 Å². The Labute approximate surface area is 91.4 Å². The normalized spacial score (nSPS) is 26.3. The Bertz CT molecular complexity index is 271. The highest BCUT2D eigenvalue weighted by Crippen LogP contribution is 2.30. The van der Waals surface area contributed by atoms with E-state index in [0.717, 1.165) is 6.54 Å². The minimum atomic E-state index is -0.122. The summed E-state index contributed by atoms with van der Waals surface area (Å²) < 4.78 is 19.1. The number of halogens is 1. The molecule has 0 saturated heterocycles. The van der Waals surface area contributed by atoms with Gasteiger partial charge < -0.3 is 9.64 Å². The second-order valence-electron chi connectivity index (χ2n) is 4.37. The number of likely N-dealkylation sites (N-methyl/N-ethyl adjacent to an activating group) is 1. The van der Waals surface area contributed by atoms with Gasteiger partial charge in [0, 0.05) is 12.5 Å². The molecule has 3 heteroatoms. The predicted octanol–water partition coefficient (Wildman–Crippen LogP) is 2.59. The first-order chi connectivity index (χ1) is 7.02. The number of allylic oxidation sites excluding steroid dienone is 3. The third-order valence-corrected chi connectivity index (χ3v) is 2.77. The van der Waals surface area contributed by atoms with Gasteiger partial charge in [-0.05, 0) is 26.1 Å². The number of hydrogen-bond donors (Lipinski definition) is 0. The van der Waals surface area contributed by atoms with Gasteiger partial charge in [-0.3, -0.25) is 0 Å². The molecule has 1 aliphatic rings. The molecule has 1 aliphatic carbocycles. The van der Waals surface area contributed by atoms with E-state index in [1.165, 1.54) is 0 Å². The molecule has 2 unspecified atom stereocenters. The summed E-state index contributed by atoms with van der Waals surface area (Å²) >= 11 is 0. The van der Waals surface area contributed by atoms with Crippen LogP contribution in [0.1, 0.15) is 13.8 Å². The smallest absolute Gasteiger partial charge is 0.150 e. The molecule has 0 amide bonds. The third kappa shape index (κ3) is 3.34. The van der Waals surface area contributed by atoms with Crippen LogP contribution in [-0.4, -0.2) is 32.1 Å². The van der Waals surface area contributed by atoms with E-state index in [0.29, 0.717) is 12.4 Å². The van der Waals surface area contributed by atoms with Gasteiger partial charge >= 0.3 is 0 Å². The zero-order valence-electron chi connectivity index (χ0n) is 9.96. The van der Waals surface area contributed by atoms with Gasteiger partial charge in [-0.15, -0.1) is 0 Å². The monoisotopic (exact) mass is 213 g/mol. The Morgan fingerprint density at radius 1 is 1.40 bits per heavy atom. The van der Waals surface area contributed by atoms with Crippen molar-refractivity contribution >= 4 is 0 Å². The molecule has 0 fully saturated rings. The maximum absolute atomic E-state index is 13.7. The van der Waals surface area contributed by atoms with Gasteiger partial charge in [0.2, 0.25) is 0 Å². The van der Waals surface area contributed by atoms with Crippen LogP contribution in [0.2, 0.25) is 0 Å². The Balaban J connectivity index is 2.51. The zero-order valence-corrected chi connectivity index (χ0v) is 9.96. The first-order valence-corrected chi connectivity index (χ1v) is 5.37. The van der Waals surface area contributed by atoms with Crippen LogP contribution in [0.3, 0.4) is 0 Å². The van der Waals surface area contributed by atoms with Gasteiger partial charge in [-0.1, -0.05) is 19.9 Å². The van der Waals surface area contributed by atoms with E-state index >= 15 is 0 Å². The molecule has 0 aliphatic heterocycles. The Morgan fingerprint density at radius 2 is 2.07 bits per heavy atom. The standard InChI is InChI=1S/C12H20FNO/c1-9-5-6-11(12(13)10(9)2)15-8-7-14(3)4/h5-6,9-10H,7-8H2,1-4H3. The van der Waals surface area contributed by atoms with Gasteiger partial charge in [-0.25, -0.2) is 4.39 Å². The van der Waals surface area contributed by atoms with Crippen LogP contribution in [-0.2, 0) is 4.74 Å². The number of ether oxygens (including phenoxy) is 1. The molecule has 86 valence electrons. The highest BCUT2D eigenvalue weighted by Gasteiger charge is 2.22. The molecule has 2 atom stereocenters. The van der Waals surface area contributed by atoms with Crippen molar-refractivity contribution in [2.75, 3.05) is 27.2 Å². The van der Waals surface area contributed by atoms with Crippen LogP contribution in [0.15, 0.2) is 23.7 Å². The second kappa shape index (κ2) is 5.31. The van der Waals surface area contributed by atoms with Gasteiger partial charge in [0.1, 0.15) is 12.4 Å². The van der Waals surface area contributed by atoms with E-state index in [2.05, 4.69) is 0 Å². The van der Waals surface area contributed by atoms with Gasteiger partial charge in [0.05, 0.1) is 0 Å². The van der Waals surface area contributed by atoms with Gasteiger partial charge in [0.15, 0.2) is 5.76 Å². The average molecular weight is 213 g/mol. The molecule has 0 aromatic heterocycles. The first-order valence-electron chi connectivity index (χ1n) is 5.37. The fourth-order valence-electron chi connectivity index (χ4n) is 1.40. The Hall–Kier alpha value is -0.830. The summed E-state index contributed by atoms with van der Waals surface area (Å²) in [5.74, 6) is 0.474. The quantitative estimate of drug-likeness (QED) is 0.711. The van der Waals surface area contributed by atoms with E-state index in [9.17, 15) is 4.39 Å². The second-order valence-corrected chi connectivity index (χ2v) is 4.37.